The first kappa shape index (κ1) is 21.1. The Balaban J connectivity index is 1.90. The van der Waals surface area contributed by atoms with Gasteiger partial charge in [0.15, 0.2) is 17.4 Å². The Morgan fingerprint density at radius 1 is 1.03 bits per heavy atom. The van der Waals surface area contributed by atoms with Gasteiger partial charge in [0, 0.05) is 12.1 Å². The van der Waals surface area contributed by atoms with Crippen molar-refractivity contribution in [2.75, 3.05) is 26.2 Å². The molecular weight excluding hydrogens is 370 g/mol. The van der Waals surface area contributed by atoms with Crippen molar-refractivity contribution < 1.29 is 24.1 Å². The highest BCUT2D eigenvalue weighted by atomic mass is 16.7. The summed E-state index contributed by atoms with van der Waals surface area (Å²) in [4.78, 5) is 14.6. The van der Waals surface area contributed by atoms with Gasteiger partial charge in [0.25, 0.3) is 5.79 Å². The number of benzene rings is 2. The lowest BCUT2D eigenvalue weighted by atomic mass is 9.87. The molecule has 1 aliphatic rings. The number of aliphatic carboxylic acids is 1. The Hall–Kier alpha value is -2.57. The maximum absolute atomic E-state index is 12.4. The summed E-state index contributed by atoms with van der Waals surface area (Å²) in [5, 5.41) is 10.2. The second-order valence-electron chi connectivity index (χ2n) is 7.10. The number of carbonyl (C=O) groups is 1. The smallest absolute Gasteiger partial charge is 0.317 e. The van der Waals surface area contributed by atoms with Gasteiger partial charge in [-0.25, -0.2) is 0 Å². The number of para-hydroxylation sites is 2. The largest absolute Gasteiger partial charge is 0.481 e. The van der Waals surface area contributed by atoms with E-state index in [0.29, 0.717) is 23.7 Å². The van der Waals surface area contributed by atoms with Gasteiger partial charge in [-0.3, -0.25) is 4.79 Å². The molecule has 0 saturated heterocycles. The first-order valence-corrected chi connectivity index (χ1v) is 10.1. The predicted octanol–water partition coefficient (Wildman–Crippen LogP) is 3.76. The molecule has 0 bridgehead atoms. The van der Waals surface area contributed by atoms with Crippen LogP contribution in [0.4, 0.5) is 0 Å². The molecule has 3 rings (SSSR count). The number of likely N-dealkylation sites (N-methyl/N-ethyl adjacent to an activating group) is 1. The molecule has 2 aromatic rings. The van der Waals surface area contributed by atoms with E-state index in [9.17, 15) is 9.90 Å². The van der Waals surface area contributed by atoms with Gasteiger partial charge in [-0.1, -0.05) is 56.3 Å². The van der Waals surface area contributed by atoms with Crippen molar-refractivity contribution in [1.29, 1.82) is 0 Å². The van der Waals surface area contributed by atoms with Crippen LogP contribution in [-0.4, -0.2) is 48.3 Å². The topological polar surface area (TPSA) is 68.2 Å². The Morgan fingerprint density at radius 2 is 1.59 bits per heavy atom. The Bertz CT molecular complexity index is 781. The number of carboxylic acids is 1. The van der Waals surface area contributed by atoms with E-state index in [1.165, 1.54) is 0 Å². The lowest BCUT2D eigenvalue weighted by Crippen LogP contribution is -2.52. The van der Waals surface area contributed by atoms with E-state index in [2.05, 4.69) is 18.7 Å². The van der Waals surface area contributed by atoms with Crippen molar-refractivity contribution >= 4 is 5.97 Å². The molecule has 2 aromatic carbocycles. The highest BCUT2D eigenvalue weighted by Crippen LogP contribution is 2.48. The fraction of sp³-hybridized carbons (Fsp3) is 0.435. The zero-order valence-electron chi connectivity index (χ0n) is 17.2. The minimum absolute atomic E-state index is 0.435. The van der Waals surface area contributed by atoms with Crippen LogP contribution >= 0.6 is 0 Å². The van der Waals surface area contributed by atoms with Gasteiger partial charge in [-0.2, -0.15) is 0 Å². The Kier molecular flexibility index (Phi) is 6.77. The molecule has 0 radical (unpaired) electrons. The molecule has 6 heteroatoms. The molecule has 2 unspecified atom stereocenters. The number of carboxylic acid groups (broad SMARTS) is 1. The summed E-state index contributed by atoms with van der Waals surface area (Å²) in [5.41, 5.74) is 0.641. The third-order valence-electron chi connectivity index (χ3n) is 5.38. The minimum atomic E-state index is -1.49. The number of nitrogens with zero attached hydrogens (tertiary/aromatic N) is 1. The number of hydrogen-bond donors (Lipinski definition) is 1. The van der Waals surface area contributed by atoms with Crippen LogP contribution < -0.4 is 9.47 Å². The number of ether oxygens (including phenoxy) is 3. The molecule has 0 aromatic heterocycles. The highest BCUT2D eigenvalue weighted by Gasteiger charge is 2.56. The van der Waals surface area contributed by atoms with Crippen molar-refractivity contribution in [2.24, 2.45) is 5.92 Å². The summed E-state index contributed by atoms with van der Waals surface area (Å²) < 4.78 is 18.4. The van der Waals surface area contributed by atoms with Crippen LogP contribution in [0, 0.1) is 5.92 Å². The molecule has 2 atom stereocenters. The summed E-state index contributed by atoms with van der Waals surface area (Å²) in [5.74, 6) is -2.53. The number of fused-ring (bicyclic) bond motifs is 1. The second kappa shape index (κ2) is 9.29. The summed E-state index contributed by atoms with van der Waals surface area (Å²) in [7, 11) is 0. The zero-order chi connectivity index (χ0) is 20.9. The summed E-state index contributed by atoms with van der Waals surface area (Å²) in [6, 6.07) is 16.4. The molecule has 6 nitrogen and oxygen atoms in total. The molecule has 29 heavy (non-hydrogen) atoms. The second-order valence-corrected chi connectivity index (χ2v) is 7.10. The van der Waals surface area contributed by atoms with Crippen LogP contribution in [0.1, 0.15) is 26.3 Å². The van der Waals surface area contributed by atoms with Crippen LogP contribution in [0.3, 0.4) is 0 Å². The average Bonchev–Trinajstić information content (AvgIpc) is 3.12. The third-order valence-corrected chi connectivity index (χ3v) is 5.38. The lowest BCUT2D eigenvalue weighted by molar-refractivity contribution is -0.195. The van der Waals surface area contributed by atoms with Crippen LogP contribution in [0.5, 0.6) is 11.5 Å². The standard InChI is InChI=1S/C23H29NO5/c1-4-24(5-2)15-16-27-17(3)21(22(25)26)23(18-11-7-6-8-12-18)28-19-13-9-10-14-20(19)29-23/h6-14,17,21H,4-5,15-16H2,1-3H3,(H,25,26). The Labute approximate surface area is 172 Å². The number of rotatable bonds is 10. The maximum atomic E-state index is 12.4. The average molecular weight is 399 g/mol. The molecule has 0 aliphatic carbocycles. The molecule has 0 amide bonds. The monoisotopic (exact) mass is 399 g/mol. The van der Waals surface area contributed by atoms with Crippen molar-refractivity contribution in [3.05, 3.63) is 60.2 Å². The summed E-state index contributed by atoms with van der Waals surface area (Å²) in [6.07, 6.45) is -0.627. The van der Waals surface area contributed by atoms with Gasteiger partial charge in [0.05, 0.1) is 12.7 Å². The van der Waals surface area contributed by atoms with Gasteiger partial charge < -0.3 is 24.2 Å². The lowest BCUT2D eigenvalue weighted by Gasteiger charge is -2.36. The van der Waals surface area contributed by atoms with E-state index in [0.717, 1.165) is 19.6 Å². The van der Waals surface area contributed by atoms with Gasteiger partial charge >= 0.3 is 5.97 Å². The van der Waals surface area contributed by atoms with Gasteiger partial charge in [0.2, 0.25) is 0 Å². The SMILES string of the molecule is CCN(CC)CCOC(C)C(C(=O)O)C1(c2ccccc2)Oc2ccccc2O1. The van der Waals surface area contributed by atoms with Crippen molar-refractivity contribution in [3.8, 4) is 11.5 Å². The third kappa shape index (κ3) is 4.38. The van der Waals surface area contributed by atoms with Crippen molar-refractivity contribution in [1.82, 2.24) is 4.90 Å². The fourth-order valence-corrected chi connectivity index (χ4v) is 3.74. The molecule has 1 N–H and O–H groups in total. The number of hydrogen-bond acceptors (Lipinski definition) is 5. The predicted molar refractivity (Wildman–Crippen MR) is 110 cm³/mol. The molecule has 1 heterocycles. The molecule has 0 saturated carbocycles. The summed E-state index contributed by atoms with van der Waals surface area (Å²) >= 11 is 0. The van der Waals surface area contributed by atoms with Crippen molar-refractivity contribution in [3.63, 3.8) is 0 Å². The normalized spacial score (nSPS) is 16.6. The van der Waals surface area contributed by atoms with E-state index in [1.807, 2.05) is 42.5 Å². The van der Waals surface area contributed by atoms with Crippen LogP contribution in [0.15, 0.2) is 54.6 Å². The molecule has 1 aliphatic heterocycles. The van der Waals surface area contributed by atoms with Crippen LogP contribution in [-0.2, 0) is 15.3 Å². The maximum Gasteiger partial charge on any atom is 0.317 e. The van der Waals surface area contributed by atoms with E-state index in [1.54, 1.807) is 19.1 Å². The fourth-order valence-electron chi connectivity index (χ4n) is 3.74. The van der Waals surface area contributed by atoms with E-state index < -0.39 is 23.8 Å². The van der Waals surface area contributed by atoms with Gasteiger partial charge in [0.1, 0.15) is 0 Å². The quantitative estimate of drug-likeness (QED) is 0.656. The van der Waals surface area contributed by atoms with Crippen LogP contribution in [0.25, 0.3) is 0 Å². The Morgan fingerprint density at radius 3 is 2.10 bits per heavy atom. The highest BCUT2D eigenvalue weighted by molar-refractivity contribution is 5.73. The van der Waals surface area contributed by atoms with Gasteiger partial charge in [-0.05, 0) is 32.1 Å². The van der Waals surface area contributed by atoms with E-state index in [4.69, 9.17) is 14.2 Å². The molecule has 0 fully saturated rings. The van der Waals surface area contributed by atoms with Crippen molar-refractivity contribution in [2.45, 2.75) is 32.7 Å². The zero-order valence-corrected chi connectivity index (χ0v) is 17.2. The minimum Gasteiger partial charge on any atom is -0.481 e. The molecule has 0 spiro atoms. The molecule has 156 valence electrons. The first-order chi connectivity index (χ1) is 14.0. The van der Waals surface area contributed by atoms with E-state index in [-0.39, 0.29) is 0 Å². The molecular formula is C23H29NO5. The summed E-state index contributed by atoms with van der Waals surface area (Å²) in [6.45, 7) is 8.97. The van der Waals surface area contributed by atoms with Crippen LogP contribution in [0.2, 0.25) is 0 Å². The van der Waals surface area contributed by atoms with E-state index >= 15 is 0 Å². The first-order valence-electron chi connectivity index (χ1n) is 10.1. The van der Waals surface area contributed by atoms with Gasteiger partial charge in [-0.15, -0.1) is 0 Å².